The van der Waals surface area contributed by atoms with Gasteiger partial charge in [0.05, 0.1) is 6.10 Å². The van der Waals surface area contributed by atoms with Crippen LogP contribution in [-0.4, -0.2) is 73.8 Å². The number of hydrogen-bond acceptors (Lipinski definition) is 5. The normalized spacial score (nSPS) is 29.2. The minimum absolute atomic E-state index is 0.0286. The summed E-state index contributed by atoms with van der Waals surface area (Å²) in [4.78, 5) is 11.4. The second-order valence-corrected chi connectivity index (χ2v) is 6.86. The van der Waals surface area contributed by atoms with Gasteiger partial charge >= 0.3 is 18.3 Å². The number of aliphatic hydroxyl groups is 3. The van der Waals surface area contributed by atoms with Gasteiger partial charge in [-0.25, -0.2) is 4.79 Å². The van der Waals surface area contributed by atoms with Gasteiger partial charge < -0.3 is 20.1 Å². The zero-order chi connectivity index (χ0) is 19.1. The van der Waals surface area contributed by atoms with E-state index in [-0.39, 0.29) is 20.7 Å². The fourth-order valence-corrected chi connectivity index (χ4v) is 2.67. The maximum Gasteiger partial charge on any atom is 0.426 e. The smallest absolute Gasteiger partial charge is 0.426 e. The standard InChI is InChI=1S/C12H13F6O5.Al.2H/c1-2-7(19)23-6-4-3-5(8(20)9(6)21)10(22,11(13,14)15)12(16,17)18;;;/h5-6,8-9,20-22H,1,3-4H2;;;. The van der Waals surface area contributed by atoms with E-state index in [1.807, 2.05) is 0 Å². The van der Waals surface area contributed by atoms with Gasteiger partial charge in [-0.3, -0.25) is 0 Å². The highest BCUT2D eigenvalue weighted by atomic mass is 27.0. The first-order valence-electron chi connectivity index (χ1n) is 6.73. The molecule has 4 atom stereocenters. The van der Waals surface area contributed by atoms with E-state index in [4.69, 9.17) is 4.74 Å². The first-order chi connectivity index (χ1) is 10.6. The first kappa shape index (κ1) is 21.2. The molecule has 1 saturated carbocycles. The van der Waals surface area contributed by atoms with Crippen LogP contribution in [0.1, 0.15) is 12.8 Å². The molecule has 0 spiro atoms. The van der Waals surface area contributed by atoms with Crippen LogP contribution in [0.2, 0.25) is 0 Å². The first-order valence-corrected chi connectivity index (χ1v) is 7.73. The summed E-state index contributed by atoms with van der Waals surface area (Å²) in [5, 5.41) is 28.8. The fraction of sp³-hybridized carbons (Fsp3) is 0.750. The van der Waals surface area contributed by atoms with E-state index in [0.717, 1.165) is 0 Å². The number of esters is 1. The summed E-state index contributed by atoms with van der Waals surface area (Å²) < 4.78 is 81.8. The molecule has 5 nitrogen and oxygen atoms in total. The van der Waals surface area contributed by atoms with E-state index in [0.29, 0.717) is 0 Å². The van der Waals surface area contributed by atoms with E-state index >= 15 is 0 Å². The zero-order valence-corrected chi connectivity index (χ0v) is 14.4. The zero-order valence-electron chi connectivity index (χ0n) is 12.4. The summed E-state index contributed by atoms with van der Waals surface area (Å²) in [6.45, 7) is 3.29. The molecule has 0 heterocycles. The van der Waals surface area contributed by atoms with Crippen molar-refractivity contribution >= 4 is 22.3 Å². The van der Waals surface area contributed by atoms with E-state index in [1.165, 1.54) is 0 Å². The number of ether oxygens (including phenoxy) is 1. The Kier molecular flexibility index (Phi) is 6.05. The summed E-state index contributed by atoms with van der Waals surface area (Å²) in [6, 6.07) is 0. The van der Waals surface area contributed by atoms with Crippen molar-refractivity contribution in [3.05, 3.63) is 11.0 Å². The molecule has 0 aromatic heterocycles. The Morgan fingerprint density at radius 3 is 1.88 bits per heavy atom. The maximum atomic E-state index is 12.8. The molecule has 0 aromatic rings. The van der Waals surface area contributed by atoms with Crippen molar-refractivity contribution in [1.29, 1.82) is 0 Å². The molecule has 1 fully saturated rings. The number of aliphatic hydroxyl groups excluding tert-OH is 2. The third-order valence-electron chi connectivity index (χ3n) is 3.91. The lowest BCUT2D eigenvalue weighted by Gasteiger charge is -2.45. The largest absolute Gasteiger partial charge is 0.457 e. The Hall–Kier alpha value is -0.798. The third kappa shape index (κ3) is 3.72. The van der Waals surface area contributed by atoms with Crippen LogP contribution in [-0.2, 0) is 9.53 Å². The molecule has 1 aliphatic carbocycles. The van der Waals surface area contributed by atoms with Crippen LogP contribution in [0.15, 0.2) is 11.0 Å². The Bertz CT molecular complexity index is 491. The number of carbonyl (C=O) groups is 1. The van der Waals surface area contributed by atoms with E-state index < -0.39 is 61.0 Å². The molecule has 0 radical (unpaired) electrons. The Morgan fingerprint density at radius 1 is 1.04 bits per heavy atom. The molecule has 0 saturated heterocycles. The Balaban J connectivity index is 3.09. The average molecular weight is 380 g/mol. The Morgan fingerprint density at radius 2 is 1.50 bits per heavy atom. The Labute approximate surface area is 140 Å². The summed E-state index contributed by atoms with van der Waals surface area (Å²) in [5.41, 5.74) is -5.20. The lowest BCUT2D eigenvalue weighted by Crippen LogP contribution is -2.67. The highest BCUT2D eigenvalue weighted by molar-refractivity contribution is 6.34. The van der Waals surface area contributed by atoms with Gasteiger partial charge in [0.15, 0.2) is 0 Å². The topological polar surface area (TPSA) is 87.0 Å². The van der Waals surface area contributed by atoms with Crippen molar-refractivity contribution in [3.63, 3.8) is 0 Å². The fourth-order valence-electron chi connectivity index (χ4n) is 2.55. The molecule has 24 heavy (non-hydrogen) atoms. The molecule has 12 heteroatoms. The highest BCUT2D eigenvalue weighted by Gasteiger charge is 2.75. The lowest BCUT2D eigenvalue weighted by molar-refractivity contribution is -0.396. The molecule has 0 aromatic carbocycles. The number of halogens is 6. The monoisotopic (exact) mass is 380 g/mol. The average Bonchev–Trinajstić information content (AvgIpc) is 2.40. The second-order valence-electron chi connectivity index (χ2n) is 5.65. The van der Waals surface area contributed by atoms with Gasteiger partial charge in [-0.1, -0.05) is 0 Å². The van der Waals surface area contributed by atoms with E-state index in [9.17, 15) is 46.5 Å². The van der Waals surface area contributed by atoms with Gasteiger partial charge in [0.2, 0.25) is 0 Å². The van der Waals surface area contributed by atoms with Gasteiger partial charge in [-0.05, 0) is 17.3 Å². The van der Waals surface area contributed by atoms with Crippen LogP contribution < -0.4 is 0 Å². The van der Waals surface area contributed by atoms with Gasteiger partial charge in [0.25, 0.3) is 21.9 Å². The minimum atomic E-state index is -6.12. The van der Waals surface area contributed by atoms with Crippen LogP contribution in [0.3, 0.4) is 0 Å². The van der Waals surface area contributed by atoms with Crippen molar-refractivity contribution in [1.82, 2.24) is 0 Å². The number of rotatable bonds is 3. The molecule has 4 unspecified atom stereocenters. The van der Waals surface area contributed by atoms with Crippen molar-refractivity contribution in [2.45, 2.75) is 49.1 Å². The lowest BCUT2D eigenvalue weighted by atomic mass is 9.72. The SMILES string of the molecule is C=[C]([AlH2])C(=O)OC1CCC(C(O)(C(F)(F)F)C(F)(F)F)C(O)C1O. The van der Waals surface area contributed by atoms with E-state index in [2.05, 4.69) is 6.58 Å². The second kappa shape index (κ2) is 6.84. The molecule has 1 rings (SSSR count). The number of alkyl halides is 6. The predicted octanol–water partition coefficient (Wildman–Crippen LogP) is 0.0325. The van der Waals surface area contributed by atoms with Crippen LogP contribution in [0.4, 0.5) is 26.3 Å². The predicted molar refractivity (Wildman–Crippen MR) is 69.4 cm³/mol. The highest BCUT2D eigenvalue weighted by Crippen LogP contribution is 2.51. The van der Waals surface area contributed by atoms with E-state index in [1.54, 1.807) is 0 Å². The molecule has 0 amide bonds. The molecule has 138 valence electrons. The van der Waals surface area contributed by atoms with Crippen LogP contribution in [0.25, 0.3) is 0 Å². The van der Waals surface area contributed by atoms with Gasteiger partial charge in [-0.2, -0.15) is 26.3 Å². The van der Waals surface area contributed by atoms with Crippen molar-refractivity contribution < 1.29 is 51.2 Å². The van der Waals surface area contributed by atoms with Gasteiger partial charge in [0, 0.05) is 5.92 Å². The summed E-state index contributed by atoms with van der Waals surface area (Å²) in [6.07, 6.45) is -20.1. The molecule has 3 N–H and O–H groups in total. The number of carbonyl (C=O) groups excluding carboxylic acids is 1. The van der Waals surface area contributed by atoms with Crippen molar-refractivity contribution in [3.8, 4) is 0 Å². The quantitative estimate of drug-likeness (QED) is 0.279. The summed E-state index contributed by atoms with van der Waals surface area (Å²) in [7, 11) is 0. The van der Waals surface area contributed by atoms with Crippen molar-refractivity contribution in [2.24, 2.45) is 5.92 Å². The van der Waals surface area contributed by atoms with Gasteiger partial charge in [0.1, 0.15) is 12.2 Å². The van der Waals surface area contributed by atoms with Crippen LogP contribution in [0.5, 0.6) is 0 Å². The minimum Gasteiger partial charge on any atom is -0.457 e. The number of hydrogen-bond donors (Lipinski definition) is 3. The van der Waals surface area contributed by atoms with Crippen molar-refractivity contribution in [2.75, 3.05) is 0 Å². The molecular formula is C12H15AlF6O5. The van der Waals surface area contributed by atoms with Crippen LogP contribution >= 0.6 is 0 Å². The summed E-state index contributed by atoms with van der Waals surface area (Å²) >= 11 is 0.196. The van der Waals surface area contributed by atoms with Gasteiger partial charge in [-0.15, -0.1) is 6.58 Å². The maximum absolute atomic E-state index is 12.8. The molecule has 1 aliphatic rings. The molecule has 0 bridgehead atoms. The molecular weight excluding hydrogens is 365 g/mol. The summed E-state index contributed by atoms with van der Waals surface area (Å²) in [5.74, 6) is -3.72. The molecule has 0 aliphatic heterocycles. The van der Waals surface area contributed by atoms with Crippen LogP contribution in [0, 0.1) is 5.92 Å². The third-order valence-corrected chi connectivity index (χ3v) is 4.32.